The zero-order chi connectivity index (χ0) is 16.9. The van der Waals surface area contributed by atoms with E-state index in [2.05, 4.69) is 20.8 Å². The van der Waals surface area contributed by atoms with Crippen molar-refractivity contribution in [2.45, 2.75) is 6.92 Å². The highest BCUT2D eigenvalue weighted by Gasteiger charge is 2.07. The fourth-order valence-corrected chi connectivity index (χ4v) is 2.06. The molecule has 0 aliphatic carbocycles. The van der Waals surface area contributed by atoms with Crippen LogP contribution >= 0.6 is 0 Å². The zero-order valence-corrected chi connectivity index (χ0v) is 13.0. The van der Waals surface area contributed by atoms with Gasteiger partial charge in [0, 0.05) is 5.56 Å². The topological polar surface area (TPSA) is 66.9 Å². The Hall–Kier alpha value is -3.28. The van der Waals surface area contributed by atoms with Gasteiger partial charge >= 0.3 is 0 Å². The predicted octanol–water partition coefficient (Wildman–Crippen LogP) is 3.92. The van der Waals surface area contributed by atoms with Gasteiger partial charge in [-0.3, -0.25) is 4.79 Å². The quantitative estimate of drug-likeness (QED) is 0.764. The summed E-state index contributed by atoms with van der Waals surface area (Å²) in [5.41, 5.74) is 1.93. The maximum atomic E-state index is 13.6. The first kappa shape index (κ1) is 15.6. The molecule has 0 spiro atoms. The Kier molecular flexibility index (Phi) is 4.47. The van der Waals surface area contributed by atoms with Crippen molar-refractivity contribution in [1.82, 2.24) is 10.2 Å². The van der Waals surface area contributed by atoms with Crippen LogP contribution in [0.25, 0.3) is 0 Å². The second-order valence-electron chi connectivity index (χ2n) is 5.23. The Balaban J connectivity index is 1.67. The van der Waals surface area contributed by atoms with E-state index in [0.717, 1.165) is 5.56 Å². The second-order valence-corrected chi connectivity index (χ2v) is 5.23. The molecule has 0 atom stereocenters. The molecule has 3 rings (SSSR count). The van der Waals surface area contributed by atoms with Gasteiger partial charge in [0.25, 0.3) is 5.91 Å². The molecular formula is C18H15FN4O. The van der Waals surface area contributed by atoms with Crippen LogP contribution in [0.2, 0.25) is 0 Å². The Labute approximate surface area is 138 Å². The number of aryl methyl sites for hydroxylation is 1. The van der Waals surface area contributed by atoms with Crippen molar-refractivity contribution in [3.63, 3.8) is 0 Å². The van der Waals surface area contributed by atoms with E-state index in [1.54, 1.807) is 42.5 Å². The number of halogens is 1. The summed E-state index contributed by atoms with van der Waals surface area (Å²) in [6.45, 7) is 1.95. The van der Waals surface area contributed by atoms with E-state index in [1.165, 1.54) is 6.07 Å². The molecule has 0 saturated heterocycles. The molecule has 120 valence electrons. The third-order valence-corrected chi connectivity index (χ3v) is 3.36. The standard InChI is InChI=1S/C18H15FN4O/c1-12-6-8-13(9-7-12)18(24)21-17-11-10-16(22-23-17)20-15-5-3-2-4-14(15)19/h2-11H,1H3,(H,20,22)(H,21,23,24). The summed E-state index contributed by atoms with van der Waals surface area (Å²) in [7, 11) is 0. The normalized spacial score (nSPS) is 10.2. The predicted molar refractivity (Wildman–Crippen MR) is 90.8 cm³/mol. The number of hydrogen-bond donors (Lipinski definition) is 2. The number of para-hydroxylation sites is 1. The summed E-state index contributed by atoms with van der Waals surface area (Å²) in [6.07, 6.45) is 0. The van der Waals surface area contributed by atoms with Crippen LogP contribution in [0.3, 0.4) is 0 Å². The lowest BCUT2D eigenvalue weighted by atomic mass is 10.1. The van der Waals surface area contributed by atoms with E-state index in [1.807, 2.05) is 19.1 Å². The minimum atomic E-state index is -0.379. The van der Waals surface area contributed by atoms with Crippen molar-refractivity contribution in [3.8, 4) is 0 Å². The zero-order valence-electron chi connectivity index (χ0n) is 13.0. The molecule has 2 aromatic carbocycles. The van der Waals surface area contributed by atoms with Crippen molar-refractivity contribution in [2.24, 2.45) is 0 Å². The van der Waals surface area contributed by atoms with E-state index in [0.29, 0.717) is 22.9 Å². The highest BCUT2D eigenvalue weighted by molar-refractivity contribution is 6.03. The first-order valence-electron chi connectivity index (χ1n) is 7.35. The molecule has 0 radical (unpaired) electrons. The average molecular weight is 322 g/mol. The maximum absolute atomic E-state index is 13.6. The van der Waals surface area contributed by atoms with Crippen LogP contribution in [-0.2, 0) is 0 Å². The number of hydrogen-bond acceptors (Lipinski definition) is 4. The second kappa shape index (κ2) is 6.87. The van der Waals surface area contributed by atoms with Crippen LogP contribution < -0.4 is 10.6 Å². The molecule has 0 fully saturated rings. The summed E-state index contributed by atoms with van der Waals surface area (Å²) in [4.78, 5) is 12.1. The molecule has 3 aromatic rings. The van der Waals surface area contributed by atoms with Gasteiger partial charge in [0.2, 0.25) is 0 Å². The minimum absolute atomic E-state index is 0.265. The molecule has 2 N–H and O–H groups in total. The Morgan fingerprint density at radius 3 is 2.25 bits per heavy atom. The van der Waals surface area contributed by atoms with Crippen molar-refractivity contribution >= 4 is 23.2 Å². The van der Waals surface area contributed by atoms with Crippen molar-refractivity contribution in [3.05, 3.63) is 77.6 Å². The van der Waals surface area contributed by atoms with Crippen LogP contribution in [-0.4, -0.2) is 16.1 Å². The number of anilines is 3. The van der Waals surface area contributed by atoms with Crippen LogP contribution in [0.1, 0.15) is 15.9 Å². The van der Waals surface area contributed by atoms with E-state index in [-0.39, 0.29) is 11.7 Å². The SMILES string of the molecule is Cc1ccc(C(=O)Nc2ccc(Nc3ccccc3F)nn2)cc1. The summed E-state index contributed by atoms with van der Waals surface area (Å²) >= 11 is 0. The van der Waals surface area contributed by atoms with Gasteiger partial charge in [-0.15, -0.1) is 10.2 Å². The number of carbonyl (C=O) groups excluding carboxylic acids is 1. The van der Waals surface area contributed by atoms with Gasteiger partial charge in [0.05, 0.1) is 5.69 Å². The molecule has 0 unspecified atom stereocenters. The number of rotatable bonds is 4. The van der Waals surface area contributed by atoms with Crippen LogP contribution in [0.5, 0.6) is 0 Å². The van der Waals surface area contributed by atoms with Gasteiger partial charge in [0.1, 0.15) is 5.82 Å². The van der Waals surface area contributed by atoms with Gasteiger partial charge in [-0.25, -0.2) is 4.39 Å². The van der Waals surface area contributed by atoms with Gasteiger partial charge in [0.15, 0.2) is 11.6 Å². The lowest BCUT2D eigenvalue weighted by Gasteiger charge is -2.07. The molecule has 0 saturated carbocycles. The molecule has 0 aliphatic heterocycles. The van der Waals surface area contributed by atoms with Crippen molar-refractivity contribution in [1.29, 1.82) is 0 Å². The number of benzene rings is 2. The van der Waals surface area contributed by atoms with Crippen LogP contribution in [0.4, 0.5) is 21.7 Å². The first-order valence-corrected chi connectivity index (χ1v) is 7.35. The largest absolute Gasteiger partial charge is 0.336 e. The Bertz CT molecular complexity index is 848. The number of nitrogens with zero attached hydrogens (tertiary/aromatic N) is 2. The molecule has 6 heteroatoms. The third-order valence-electron chi connectivity index (χ3n) is 3.36. The van der Waals surface area contributed by atoms with Gasteiger partial charge in [-0.05, 0) is 43.3 Å². The van der Waals surface area contributed by atoms with Gasteiger partial charge < -0.3 is 10.6 Å². The highest BCUT2D eigenvalue weighted by atomic mass is 19.1. The van der Waals surface area contributed by atoms with Crippen molar-refractivity contribution < 1.29 is 9.18 Å². The Morgan fingerprint density at radius 2 is 1.58 bits per heavy atom. The molecule has 1 amide bonds. The number of nitrogens with one attached hydrogen (secondary N) is 2. The van der Waals surface area contributed by atoms with E-state index < -0.39 is 0 Å². The minimum Gasteiger partial charge on any atom is -0.336 e. The molecule has 24 heavy (non-hydrogen) atoms. The number of carbonyl (C=O) groups is 1. The molecular weight excluding hydrogens is 307 g/mol. The van der Waals surface area contributed by atoms with E-state index in [4.69, 9.17) is 0 Å². The van der Waals surface area contributed by atoms with E-state index >= 15 is 0 Å². The smallest absolute Gasteiger partial charge is 0.256 e. The lowest BCUT2D eigenvalue weighted by molar-refractivity contribution is 0.102. The fraction of sp³-hybridized carbons (Fsp3) is 0.0556. The van der Waals surface area contributed by atoms with E-state index in [9.17, 15) is 9.18 Å². The van der Waals surface area contributed by atoms with Crippen LogP contribution in [0.15, 0.2) is 60.7 Å². The summed E-state index contributed by atoms with van der Waals surface area (Å²) in [5, 5.41) is 13.3. The summed E-state index contributed by atoms with van der Waals surface area (Å²) < 4.78 is 13.6. The lowest BCUT2D eigenvalue weighted by Crippen LogP contribution is -2.13. The number of aromatic nitrogens is 2. The molecule has 5 nitrogen and oxygen atoms in total. The first-order chi connectivity index (χ1) is 11.6. The number of amides is 1. The molecule has 1 heterocycles. The van der Waals surface area contributed by atoms with Gasteiger partial charge in [-0.2, -0.15) is 0 Å². The average Bonchev–Trinajstić information content (AvgIpc) is 2.59. The summed E-state index contributed by atoms with van der Waals surface area (Å²) in [6, 6.07) is 16.7. The molecule has 0 bridgehead atoms. The highest BCUT2D eigenvalue weighted by Crippen LogP contribution is 2.18. The van der Waals surface area contributed by atoms with Gasteiger partial charge in [-0.1, -0.05) is 29.8 Å². The Morgan fingerprint density at radius 1 is 0.917 bits per heavy atom. The third kappa shape index (κ3) is 3.73. The molecule has 0 aliphatic rings. The fourth-order valence-electron chi connectivity index (χ4n) is 2.06. The van der Waals surface area contributed by atoms with Crippen molar-refractivity contribution in [2.75, 3.05) is 10.6 Å². The monoisotopic (exact) mass is 322 g/mol. The van der Waals surface area contributed by atoms with Crippen LogP contribution in [0, 0.1) is 12.7 Å². The molecule has 1 aromatic heterocycles. The summed E-state index contributed by atoms with van der Waals surface area (Å²) in [5.74, 6) is 0.0586. The maximum Gasteiger partial charge on any atom is 0.256 e.